The normalized spacial score (nSPS) is 12.0. The fourth-order valence-electron chi connectivity index (χ4n) is 2.99. The van der Waals surface area contributed by atoms with Gasteiger partial charge in [0.2, 0.25) is 5.91 Å². The second kappa shape index (κ2) is 11.6. The van der Waals surface area contributed by atoms with Gasteiger partial charge in [-0.2, -0.15) is 0 Å². The maximum Gasteiger partial charge on any atom is 0.269 e. The first-order valence-corrected chi connectivity index (χ1v) is 11.0. The SMILES string of the molecule is CCCCn1c(SCC(=O)NNC(=O)c2ccccc2)nnc1[C@H](CC)[NH+](C)C. The number of rotatable bonds is 10. The van der Waals surface area contributed by atoms with E-state index in [0.717, 1.165) is 36.8 Å². The Bertz CT molecular complexity index is 794. The highest BCUT2D eigenvalue weighted by atomic mass is 32.2. The molecule has 0 radical (unpaired) electrons. The van der Waals surface area contributed by atoms with Crippen molar-refractivity contribution in [2.24, 2.45) is 0 Å². The number of hydrogen-bond donors (Lipinski definition) is 3. The Morgan fingerprint density at radius 3 is 2.48 bits per heavy atom. The summed E-state index contributed by atoms with van der Waals surface area (Å²) < 4.78 is 2.13. The molecule has 8 nitrogen and oxygen atoms in total. The lowest BCUT2D eigenvalue weighted by molar-refractivity contribution is -0.893. The van der Waals surface area contributed by atoms with Gasteiger partial charge in [-0.05, 0) is 18.6 Å². The summed E-state index contributed by atoms with van der Waals surface area (Å²) in [5.74, 6) is 0.458. The van der Waals surface area contributed by atoms with Crippen LogP contribution < -0.4 is 15.8 Å². The summed E-state index contributed by atoms with van der Waals surface area (Å²) >= 11 is 1.33. The smallest absolute Gasteiger partial charge is 0.269 e. The van der Waals surface area contributed by atoms with Gasteiger partial charge in [0.1, 0.15) is 6.04 Å². The van der Waals surface area contributed by atoms with E-state index in [9.17, 15) is 9.59 Å². The molecule has 2 amide bonds. The maximum atomic E-state index is 12.2. The average molecular weight is 420 g/mol. The van der Waals surface area contributed by atoms with Gasteiger partial charge in [0, 0.05) is 18.5 Å². The van der Waals surface area contributed by atoms with Crippen molar-refractivity contribution in [1.82, 2.24) is 25.6 Å². The van der Waals surface area contributed by atoms with Crippen molar-refractivity contribution in [3.8, 4) is 0 Å². The summed E-state index contributed by atoms with van der Waals surface area (Å²) in [7, 11) is 4.23. The van der Waals surface area contributed by atoms with Crippen LogP contribution in [0.5, 0.6) is 0 Å². The molecule has 1 aromatic carbocycles. The predicted octanol–water partition coefficient (Wildman–Crippen LogP) is 1.23. The van der Waals surface area contributed by atoms with E-state index in [1.54, 1.807) is 24.3 Å². The minimum atomic E-state index is -0.350. The zero-order valence-electron chi connectivity index (χ0n) is 17.6. The maximum absolute atomic E-state index is 12.2. The number of aromatic nitrogens is 3. The Kier molecular flexibility index (Phi) is 9.14. The minimum absolute atomic E-state index is 0.144. The van der Waals surface area contributed by atoms with Crippen LogP contribution in [-0.4, -0.2) is 46.4 Å². The number of hydrogen-bond acceptors (Lipinski definition) is 5. The van der Waals surface area contributed by atoms with E-state index in [1.807, 2.05) is 6.07 Å². The third-order valence-electron chi connectivity index (χ3n) is 4.58. The number of amides is 2. The summed E-state index contributed by atoms with van der Waals surface area (Å²) in [6.45, 7) is 5.12. The number of hydrazine groups is 1. The molecule has 1 atom stereocenters. The van der Waals surface area contributed by atoms with E-state index in [2.05, 4.69) is 53.6 Å². The Morgan fingerprint density at radius 2 is 1.86 bits per heavy atom. The van der Waals surface area contributed by atoms with Gasteiger partial charge in [0.05, 0.1) is 19.8 Å². The molecule has 2 aromatic rings. The van der Waals surface area contributed by atoms with Crippen LogP contribution in [0.25, 0.3) is 0 Å². The summed E-state index contributed by atoms with van der Waals surface area (Å²) in [5.41, 5.74) is 5.37. The summed E-state index contributed by atoms with van der Waals surface area (Å²) in [5, 5.41) is 9.49. The van der Waals surface area contributed by atoms with Crippen molar-refractivity contribution >= 4 is 23.6 Å². The Balaban J connectivity index is 1.97. The number of nitrogens with zero attached hydrogens (tertiary/aromatic N) is 3. The first kappa shape index (κ1) is 22.9. The van der Waals surface area contributed by atoms with E-state index >= 15 is 0 Å². The Morgan fingerprint density at radius 1 is 1.14 bits per heavy atom. The van der Waals surface area contributed by atoms with Crippen LogP contribution in [0, 0.1) is 0 Å². The van der Waals surface area contributed by atoms with Crippen LogP contribution in [0.2, 0.25) is 0 Å². The van der Waals surface area contributed by atoms with Crippen LogP contribution in [0.3, 0.4) is 0 Å². The van der Waals surface area contributed by atoms with E-state index in [-0.39, 0.29) is 23.6 Å². The second-order valence-electron chi connectivity index (χ2n) is 7.04. The Hall–Kier alpha value is -2.39. The summed E-state index contributed by atoms with van der Waals surface area (Å²) in [6.07, 6.45) is 3.06. The molecule has 3 N–H and O–H groups in total. The van der Waals surface area contributed by atoms with Crippen LogP contribution in [0.4, 0.5) is 0 Å². The fourth-order valence-corrected chi connectivity index (χ4v) is 3.77. The highest BCUT2D eigenvalue weighted by Gasteiger charge is 2.25. The molecule has 0 bridgehead atoms. The van der Waals surface area contributed by atoms with Crippen LogP contribution >= 0.6 is 11.8 Å². The highest BCUT2D eigenvalue weighted by Crippen LogP contribution is 2.21. The molecule has 0 aliphatic heterocycles. The van der Waals surface area contributed by atoms with Gasteiger partial charge in [0.25, 0.3) is 5.91 Å². The zero-order chi connectivity index (χ0) is 21.2. The molecule has 0 unspecified atom stereocenters. The third kappa shape index (κ3) is 6.57. The van der Waals surface area contributed by atoms with Crippen molar-refractivity contribution < 1.29 is 14.5 Å². The van der Waals surface area contributed by atoms with Crippen molar-refractivity contribution in [3.05, 3.63) is 41.7 Å². The monoisotopic (exact) mass is 419 g/mol. The molecule has 0 saturated carbocycles. The molecule has 29 heavy (non-hydrogen) atoms. The number of carbonyl (C=O) groups is 2. The van der Waals surface area contributed by atoms with E-state index in [4.69, 9.17) is 0 Å². The van der Waals surface area contributed by atoms with Crippen molar-refractivity contribution in [2.75, 3.05) is 19.8 Å². The number of carbonyl (C=O) groups excluding carboxylic acids is 2. The number of benzene rings is 1. The molecular weight excluding hydrogens is 388 g/mol. The summed E-state index contributed by atoms with van der Waals surface area (Å²) in [4.78, 5) is 25.5. The first-order chi connectivity index (χ1) is 14.0. The molecule has 0 saturated heterocycles. The van der Waals surface area contributed by atoms with E-state index < -0.39 is 0 Å². The number of quaternary nitrogens is 1. The largest absolute Gasteiger partial charge is 0.331 e. The fraction of sp³-hybridized carbons (Fsp3) is 0.500. The second-order valence-corrected chi connectivity index (χ2v) is 7.98. The van der Waals surface area contributed by atoms with Gasteiger partial charge in [-0.1, -0.05) is 50.2 Å². The molecule has 1 aromatic heterocycles. The molecule has 2 rings (SSSR count). The van der Waals surface area contributed by atoms with Crippen molar-refractivity contribution in [2.45, 2.75) is 50.9 Å². The molecule has 0 spiro atoms. The van der Waals surface area contributed by atoms with Gasteiger partial charge in [-0.25, -0.2) is 0 Å². The minimum Gasteiger partial charge on any atom is -0.331 e. The van der Waals surface area contributed by atoms with Crippen LogP contribution in [-0.2, 0) is 11.3 Å². The lowest BCUT2D eigenvalue weighted by atomic mass is 10.2. The van der Waals surface area contributed by atoms with E-state index in [1.165, 1.54) is 16.7 Å². The van der Waals surface area contributed by atoms with Gasteiger partial charge in [-0.3, -0.25) is 20.4 Å². The van der Waals surface area contributed by atoms with Gasteiger partial charge in [0.15, 0.2) is 11.0 Å². The molecular formula is C20H31N6O2S+. The number of nitrogens with one attached hydrogen (secondary N) is 3. The topological polar surface area (TPSA) is 93.4 Å². The average Bonchev–Trinajstić information content (AvgIpc) is 3.12. The van der Waals surface area contributed by atoms with Crippen LogP contribution in [0.1, 0.15) is 55.3 Å². The number of unbranched alkanes of at least 4 members (excludes halogenated alkanes) is 1. The van der Waals surface area contributed by atoms with Crippen molar-refractivity contribution in [1.29, 1.82) is 0 Å². The Labute approximate surface area is 176 Å². The molecule has 0 fully saturated rings. The van der Waals surface area contributed by atoms with Gasteiger partial charge < -0.3 is 9.47 Å². The lowest BCUT2D eigenvalue weighted by Crippen LogP contribution is -3.06. The lowest BCUT2D eigenvalue weighted by Gasteiger charge is -2.20. The molecule has 0 aliphatic carbocycles. The highest BCUT2D eigenvalue weighted by molar-refractivity contribution is 7.99. The quantitative estimate of drug-likeness (QED) is 0.398. The van der Waals surface area contributed by atoms with Gasteiger partial charge >= 0.3 is 0 Å². The predicted molar refractivity (Wildman–Crippen MR) is 114 cm³/mol. The molecule has 1 heterocycles. The first-order valence-electron chi connectivity index (χ1n) is 9.98. The molecule has 158 valence electrons. The van der Waals surface area contributed by atoms with Gasteiger partial charge in [-0.15, -0.1) is 10.2 Å². The molecule has 9 heteroatoms. The van der Waals surface area contributed by atoms with E-state index in [0.29, 0.717) is 5.56 Å². The van der Waals surface area contributed by atoms with Crippen LogP contribution in [0.15, 0.2) is 35.5 Å². The summed E-state index contributed by atoms with van der Waals surface area (Å²) in [6, 6.07) is 9.00. The zero-order valence-corrected chi connectivity index (χ0v) is 18.4. The standard InChI is InChI=1S/C20H30N6O2S/c1-5-7-13-26-18(16(6-2)25(3)4)22-24-20(26)29-14-17(27)21-23-19(28)15-11-9-8-10-12-15/h8-12,16H,5-7,13-14H2,1-4H3,(H,21,27)(H,23,28)/p+1/t16-/m0/s1. The number of thioether (sulfide) groups is 1. The molecule has 0 aliphatic rings. The van der Waals surface area contributed by atoms with Crippen molar-refractivity contribution in [3.63, 3.8) is 0 Å². The third-order valence-corrected chi connectivity index (χ3v) is 5.55.